The normalized spacial score (nSPS) is 15.8. The smallest absolute Gasteiger partial charge is 0.274 e. The average Bonchev–Trinajstić information content (AvgIpc) is 3.42. The van der Waals surface area contributed by atoms with Gasteiger partial charge in [-0.05, 0) is 26.3 Å². The second kappa shape index (κ2) is 9.56. The highest BCUT2D eigenvalue weighted by molar-refractivity contribution is 7.09. The zero-order valence-electron chi connectivity index (χ0n) is 20.0. The molecule has 4 rings (SSSR count). The van der Waals surface area contributed by atoms with Crippen LogP contribution in [0.3, 0.4) is 0 Å². The molecule has 0 unspecified atom stereocenters. The minimum absolute atomic E-state index is 0.0225. The molecular formula is C23H32ClN7OS. The number of nitrogens with zero attached hydrogens (tertiary/aromatic N) is 7. The number of carbonyl (C=O) groups is 1. The lowest BCUT2D eigenvalue weighted by atomic mass is 9.98. The van der Waals surface area contributed by atoms with Crippen molar-refractivity contribution >= 4 is 28.8 Å². The maximum Gasteiger partial charge on any atom is 0.274 e. The molecule has 178 valence electrons. The van der Waals surface area contributed by atoms with E-state index in [2.05, 4.69) is 41.2 Å². The fourth-order valence-electron chi connectivity index (χ4n) is 3.95. The number of thiazole rings is 1. The first-order valence-corrected chi connectivity index (χ1v) is 12.6. The minimum Gasteiger partial charge on any atom is -0.336 e. The van der Waals surface area contributed by atoms with Crippen LogP contribution in [0, 0.1) is 13.8 Å². The number of carbonyl (C=O) groups excluding carboxylic acids is 1. The van der Waals surface area contributed by atoms with Gasteiger partial charge in [0.2, 0.25) is 0 Å². The van der Waals surface area contributed by atoms with Gasteiger partial charge in [0.15, 0.2) is 0 Å². The van der Waals surface area contributed by atoms with Crippen LogP contribution in [0.4, 0.5) is 0 Å². The molecule has 3 aromatic heterocycles. The summed E-state index contributed by atoms with van der Waals surface area (Å²) in [6.45, 7) is 14.9. The summed E-state index contributed by atoms with van der Waals surface area (Å²) in [5, 5.41) is 12.9. The summed E-state index contributed by atoms with van der Waals surface area (Å²) in [5.41, 5.74) is 3.34. The number of halogens is 1. The Morgan fingerprint density at radius 2 is 1.94 bits per heavy atom. The second-order valence-corrected chi connectivity index (χ2v) is 10.9. The van der Waals surface area contributed by atoms with Crippen molar-refractivity contribution in [2.24, 2.45) is 0 Å². The van der Waals surface area contributed by atoms with Crippen LogP contribution in [0.5, 0.6) is 0 Å². The van der Waals surface area contributed by atoms with E-state index in [1.54, 1.807) is 26.8 Å². The number of amides is 1. The third kappa shape index (κ3) is 5.47. The monoisotopic (exact) mass is 489 g/mol. The highest BCUT2D eigenvalue weighted by Gasteiger charge is 2.24. The van der Waals surface area contributed by atoms with E-state index in [4.69, 9.17) is 16.6 Å². The largest absolute Gasteiger partial charge is 0.336 e. The summed E-state index contributed by atoms with van der Waals surface area (Å²) in [4.78, 5) is 22.2. The van der Waals surface area contributed by atoms with Crippen molar-refractivity contribution in [3.63, 3.8) is 0 Å². The number of rotatable bonds is 5. The molecule has 0 saturated carbocycles. The van der Waals surface area contributed by atoms with Gasteiger partial charge < -0.3 is 4.90 Å². The van der Waals surface area contributed by atoms with Crippen molar-refractivity contribution in [1.82, 2.24) is 34.3 Å². The fourth-order valence-corrected chi connectivity index (χ4v) is 4.99. The van der Waals surface area contributed by atoms with Gasteiger partial charge in [-0.3, -0.25) is 14.4 Å². The Kier molecular flexibility index (Phi) is 6.93. The predicted molar refractivity (Wildman–Crippen MR) is 131 cm³/mol. The summed E-state index contributed by atoms with van der Waals surface area (Å²) in [7, 11) is 0. The maximum atomic E-state index is 13.1. The van der Waals surface area contributed by atoms with E-state index in [1.807, 2.05) is 24.9 Å². The highest BCUT2D eigenvalue weighted by atomic mass is 35.5. The number of aromatic nitrogens is 5. The summed E-state index contributed by atoms with van der Waals surface area (Å²) < 4.78 is 3.52. The van der Waals surface area contributed by atoms with E-state index in [1.165, 1.54) is 5.01 Å². The highest BCUT2D eigenvalue weighted by Crippen LogP contribution is 2.26. The van der Waals surface area contributed by atoms with Crippen LogP contribution in [-0.2, 0) is 18.6 Å². The summed E-state index contributed by atoms with van der Waals surface area (Å²) >= 11 is 7.97. The zero-order chi connectivity index (χ0) is 23.8. The first kappa shape index (κ1) is 23.9. The lowest BCUT2D eigenvalue weighted by molar-refractivity contribution is 0.0754. The number of aryl methyl sites for hydroxylation is 1. The third-order valence-electron chi connectivity index (χ3n) is 5.89. The van der Waals surface area contributed by atoms with Crippen LogP contribution in [-0.4, -0.2) is 66.4 Å². The summed E-state index contributed by atoms with van der Waals surface area (Å²) in [6.07, 6.45) is 2.75. The molecule has 0 N–H and O–H groups in total. The molecule has 1 aliphatic rings. The zero-order valence-corrected chi connectivity index (χ0v) is 21.6. The molecule has 3 aromatic rings. The maximum absolute atomic E-state index is 13.1. The Morgan fingerprint density at radius 1 is 1.15 bits per heavy atom. The van der Waals surface area contributed by atoms with Crippen molar-refractivity contribution < 1.29 is 4.79 Å². The molecule has 33 heavy (non-hydrogen) atoms. The van der Waals surface area contributed by atoms with E-state index in [9.17, 15) is 4.79 Å². The van der Waals surface area contributed by atoms with Gasteiger partial charge in [0.25, 0.3) is 5.91 Å². The van der Waals surface area contributed by atoms with Crippen molar-refractivity contribution in [3.05, 3.63) is 50.4 Å². The Hall–Kier alpha value is -2.23. The molecule has 0 atom stereocenters. The molecule has 1 fully saturated rings. The van der Waals surface area contributed by atoms with Crippen LogP contribution in [0.1, 0.15) is 59.8 Å². The fraction of sp³-hybridized carbons (Fsp3) is 0.565. The molecule has 4 heterocycles. The van der Waals surface area contributed by atoms with E-state index >= 15 is 0 Å². The van der Waals surface area contributed by atoms with Gasteiger partial charge in [0.1, 0.15) is 12.4 Å². The summed E-state index contributed by atoms with van der Waals surface area (Å²) in [5.74, 6) is -0.0225. The van der Waals surface area contributed by atoms with Gasteiger partial charge in [-0.25, -0.2) is 9.67 Å². The van der Waals surface area contributed by atoms with Gasteiger partial charge in [-0.1, -0.05) is 32.4 Å². The van der Waals surface area contributed by atoms with Gasteiger partial charge in [-0.15, -0.1) is 11.3 Å². The van der Waals surface area contributed by atoms with Crippen LogP contribution in [0.25, 0.3) is 0 Å². The second-order valence-electron chi connectivity index (χ2n) is 9.68. The molecule has 10 heteroatoms. The molecule has 0 aromatic carbocycles. The topological polar surface area (TPSA) is 72.1 Å². The van der Waals surface area contributed by atoms with E-state index in [0.717, 1.165) is 49.7 Å². The summed E-state index contributed by atoms with van der Waals surface area (Å²) in [6, 6.07) is 1.78. The van der Waals surface area contributed by atoms with Gasteiger partial charge in [0, 0.05) is 49.7 Å². The average molecular weight is 490 g/mol. The molecule has 0 aliphatic carbocycles. The van der Waals surface area contributed by atoms with Gasteiger partial charge in [-0.2, -0.15) is 10.2 Å². The van der Waals surface area contributed by atoms with Crippen LogP contribution in [0.2, 0.25) is 5.02 Å². The Labute approximate surface area is 204 Å². The van der Waals surface area contributed by atoms with Crippen molar-refractivity contribution in [1.29, 1.82) is 0 Å². The number of hydrogen-bond donors (Lipinski definition) is 0. The van der Waals surface area contributed by atoms with Crippen LogP contribution >= 0.6 is 22.9 Å². The minimum atomic E-state index is -0.0225. The van der Waals surface area contributed by atoms with E-state index in [0.29, 0.717) is 23.9 Å². The van der Waals surface area contributed by atoms with Gasteiger partial charge in [0.05, 0.1) is 27.1 Å². The molecule has 8 nitrogen and oxygen atoms in total. The molecule has 0 radical (unpaired) electrons. The molecule has 1 amide bonds. The standard InChI is InChI=1S/C23H32ClN7OS/c1-16-20(24)17(2)31(26-16)15-30-10-7-19(27-30)21(32)29-9-6-8-28(11-12-29)13-18-14-33-22(25-18)23(3,4)5/h7,10,14H,6,8-9,11-13,15H2,1-5H3. The van der Waals surface area contributed by atoms with Crippen LogP contribution in [0.15, 0.2) is 17.6 Å². The SMILES string of the molecule is Cc1nn(Cn2ccc(C(=O)N3CCCN(Cc4csc(C(C)(C)C)n4)CC3)n2)c(C)c1Cl. The molecule has 1 saturated heterocycles. The van der Waals surface area contributed by atoms with Crippen molar-refractivity contribution in [2.45, 2.75) is 59.7 Å². The number of hydrogen-bond acceptors (Lipinski definition) is 6. The quantitative estimate of drug-likeness (QED) is 0.542. The Morgan fingerprint density at radius 3 is 2.61 bits per heavy atom. The molecule has 0 spiro atoms. The van der Waals surface area contributed by atoms with Crippen molar-refractivity contribution in [2.75, 3.05) is 26.2 Å². The lowest BCUT2D eigenvalue weighted by Gasteiger charge is -2.21. The Bertz CT molecular complexity index is 1130. The van der Waals surface area contributed by atoms with E-state index in [-0.39, 0.29) is 11.3 Å². The lowest BCUT2D eigenvalue weighted by Crippen LogP contribution is -2.35. The third-order valence-corrected chi connectivity index (χ3v) is 7.75. The molecular weight excluding hydrogens is 458 g/mol. The predicted octanol–water partition coefficient (Wildman–Crippen LogP) is 3.96. The molecule has 1 aliphatic heterocycles. The van der Waals surface area contributed by atoms with Gasteiger partial charge >= 0.3 is 0 Å². The van der Waals surface area contributed by atoms with E-state index < -0.39 is 0 Å². The first-order valence-electron chi connectivity index (χ1n) is 11.3. The van der Waals surface area contributed by atoms with Crippen molar-refractivity contribution in [3.8, 4) is 0 Å². The first-order chi connectivity index (χ1) is 15.6. The van der Waals surface area contributed by atoms with Crippen LogP contribution < -0.4 is 0 Å². The molecule has 0 bridgehead atoms. The Balaban J connectivity index is 1.35.